The fourth-order valence-corrected chi connectivity index (χ4v) is 3.67. The fraction of sp³-hybridized carbons (Fsp3) is 0.238. The molecular weight excluding hydrogens is 399 g/mol. The number of benzene rings is 2. The number of fused-ring (bicyclic) bond motifs is 1. The van der Waals surface area contributed by atoms with Crippen LogP contribution in [-0.2, 0) is 0 Å². The van der Waals surface area contributed by atoms with Gasteiger partial charge >= 0.3 is 5.97 Å². The molecule has 1 saturated heterocycles. The number of piperazine rings is 1. The zero-order valence-corrected chi connectivity index (χ0v) is 16.0. The molecule has 1 fully saturated rings. The number of carboxylic acid groups (broad SMARTS) is 1. The largest absolute Gasteiger partial charge is 0.477 e. The molecule has 6 nitrogen and oxygen atoms in total. The first-order valence-corrected chi connectivity index (χ1v) is 9.32. The van der Waals surface area contributed by atoms with Gasteiger partial charge in [-0.2, -0.15) is 0 Å². The Morgan fingerprint density at radius 2 is 1.77 bits per heavy atom. The first-order chi connectivity index (χ1) is 14.3. The number of nitrogens with one attached hydrogen (secondary N) is 1. The summed E-state index contributed by atoms with van der Waals surface area (Å²) in [6, 6.07) is 4.59. The van der Waals surface area contributed by atoms with E-state index in [-0.39, 0.29) is 27.8 Å². The average Bonchev–Trinajstić information content (AvgIpc) is 2.73. The Morgan fingerprint density at radius 1 is 1.07 bits per heavy atom. The number of aromatic nitrogens is 1. The van der Waals surface area contributed by atoms with Crippen LogP contribution in [0.5, 0.6) is 0 Å². The van der Waals surface area contributed by atoms with E-state index < -0.39 is 34.4 Å². The van der Waals surface area contributed by atoms with Crippen molar-refractivity contribution in [2.45, 2.75) is 6.92 Å². The molecule has 0 saturated carbocycles. The van der Waals surface area contributed by atoms with Gasteiger partial charge in [0.25, 0.3) is 0 Å². The molecule has 2 aromatic carbocycles. The van der Waals surface area contributed by atoms with Gasteiger partial charge in [0.1, 0.15) is 17.2 Å². The Kier molecular flexibility index (Phi) is 4.98. The van der Waals surface area contributed by atoms with Crippen LogP contribution in [0.3, 0.4) is 0 Å². The molecule has 0 bridgehead atoms. The summed E-state index contributed by atoms with van der Waals surface area (Å²) in [6.07, 6.45) is 0.988. The number of nitrogens with zero attached hydrogens (tertiary/aromatic N) is 2. The third kappa shape index (κ3) is 3.21. The summed E-state index contributed by atoms with van der Waals surface area (Å²) in [5, 5.41) is 12.4. The molecule has 3 aromatic rings. The van der Waals surface area contributed by atoms with Gasteiger partial charge in [0.05, 0.1) is 16.9 Å². The molecule has 1 aromatic heterocycles. The maximum absolute atomic E-state index is 14.9. The van der Waals surface area contributed by atoms with Crippen LogP contribution in [0.25, 0.3) is 16.6 Å². The van der Waals surface area contributed by atoms with Crippen LogP contribution in [0.2, 0.25) is 0 Å². The van der Waals surface area contributed by atoms with Gasteiger partial charge in [0.15, 0.2) is 5.82 Å². The van der Waals surface area contributed by atoms with E-state index in [1.807, 2.05) is 0 Å². The Bertz CT molecular complexity index is 1230. The van der Waals surface area contributed by atoms with Gasteiger partial charge in [-0.15, -0.1) is 0 Å². The molecule has 0 radical (unpaired) electrons. The highest BCUT2D eigenvalue weighted by molar-refractivity contribution is 5.94. The van der Waals surface area contributed by atoms with E-state index in [4.69, 9.17) is 0 Å². The number of anilines is 1. The minimum atomic E-state index is -1.53. The quantitative estimate of drug-likeness (QED) is 0.686. The van der Waals surface area contributed by atoms with E-state index >= 15 is 0 Å². The number of carbonyl (C=O) groups is 1. The summed E-state index contributed by atoms with van der Waals surface area (Å²) >= 11 is 0. The molecule has 0 amide bonds. The summed E-state index contributed by atoms with van der Waals surface area (Å²) in [4.78, 5) is 26.0. The number of carboxylic acids is 1. The minimum Gasteiger partial charge on any atom is -0.477 e. The summed E-state index contributed by atoms with van der Waals surface area (Å²) in [6.45, 7) is 3.61. The maximum Gasteiger partial charge on any atom is 0.341 e. The molecule has 0 atom stereocenters. The van der Waals surface area contributed by atoms with Crippen molar-refractivity contribution in [3.8, 4) is 5.69 Å². The zero-order chi connectivity index (χ0) is 21.6. The highest BCUT2D eigenvalue weighted by atomic mass is 19.1. The van der Waals surface area contributed by atoms with Crippen molar-refractivity contribution in [2.24, 2.45) is 0 Å². The highest BCUT2D eigenvalue weighted by Crippen LogP contribution is 2.29. The molecule has 0 unspecified atom stereocenters. The van der Waals surface area contributed by atoms with E-state index in [1.54, 1.807) is 4.90 Å². The molecule has 2 N–H and O–H groups in total. The molecule has 1 aliphatic rings. The van der Waals surface area contributed by atoms with Crippen molar-refractivity contribution in [1.82, 2.24) is 9.88 Å². The number of hydrogen-bond donors (Lipinski definition) is 2. The van der Waals surface area contributed by atoms with Gasteiger partial charge in [-0.05, 0) is 31.2 Å². The van der Waals surface area contributed by atoms with E-state index in [0.717, 1.165) is 29.0 Å². The number of aromatic carboxylic acids is 1. The van der Waals surface area contributed by atoms with Crippen LogP contribution in [0.15, 0.2) is 35.3 Å². The predicted molar refractivity (Wildman–Crippen MR) is 106 cm³/mol. The second-order valence-corrected chi connectivity index (χ2v) is 7.11. The van der Waals surface area contributed by atoms with Crippen molar-refractivity contribution < 1.29 is 23.1 Å². The van der Waals surface area contributed by atoms with Crippen LogP contribution in [0, 0.1) is 24.4 Å². The number of rotatable bonds is 3. The third-order valence-corrected chi connectivity index (χ3v) is 5.32. The predicted octanol–water partition coefficient (Wildman–Crippen LogP) is 2.82. The molecule has 156 valence electrons. The van der Waals surface area contributed by atoms with E-state index in [9.17, 15) is 27.9 Å². The van der Waals surface area contributed by atoms with Crippen molar-refractivity contribution in [2.75, 3.05) is 31.1 Å². The van der Waals surface area contributed by atoms with Crippen LogP contribution in [-0.4, -0.2) is 41.8 Å². The number of halogens is 3. The molecule has 0 aliphatic carbocycles. The van der Waals surface area contributed by atoms with Crippen LogP contribution >= 0.6 is 0 Å². The molecule has 9 heteroatoms. The average molecular weight is 417 g/mol. The zero-order valence-electron chi connectivity index (χ0n) is 16.0. The van der Waals surface area contributed by atoms with Gasteiger partial charge in [-0.3, -0.25) is 4.79 Å². The molecule has 30 heavy (non-hydrogen) atoms. The third-order valence-electron chi connectivity index (χ3n) is 5.32. The monoisotopic (exact) mass is 417 g/mol. The normalized spacial score (nSPS) is 14.3. The Hall–Kier alpha value is -3.33. The lowest BCUT2D eigenvalue weighted by atomic mass is 10.1. The second kappa shape index (κ2) is 7.49. The van der Waals surface area contributed by atoms with E-state index in [0.29, 0.717) is 26.2 Å². The van der Waals surface area contributed by atoms with E-state index in [1.165, 1.54) is 13.0 Å². The van der Waals surface area contributed by atoms with Gasteiger partial charge < -0.3 is 19.9 Å². The van der Waals surface area contributed by atoms with Crippen molar-refractivity contribution in [3.63, 3.8) is 0 Å². The number of hydrogen-bond acceptors (Lipinski definition) is 4. The van der Waals surface area contributed by atoms with Crippen molar-refractivity contribution in [3.05, 3.63) is 69.3 Å². The summed E-state index contributed by atoms with van der Waals surface area (Å²) < 4.78 is 44.7. The van der Waals surface area contributed by atoms with Gasteiger partial charge in [0.2, 0.25) is 5.43 Å². The number of pyridine rings is 1. The smallest absolute Gasteiger partial charge is 0.341 e. The fourth-order valence-electron chi connectivity index (χ4n) is 3.67. The molecule has 2 heterocycles. The van der Waals surface area contributed by atoms with Gasteiger partial charge in [0, 0.05) is 43.3 Å². The standard InChI is InChI=1S/C21H18F3N3O3/c1-11-14(22)2-3-16(19(11)24)27-10-13(21(29)30)20(28)12-8-15(23)18(9-17(12)27)26-6-4-25-5-7-26/h2-3,8-10,25H,4-7H2,1H3,(H,29,30). The Balaban J connectivity index is 2.07. The lowest BCUT2D eigenvalue weighted by molar-refractivity contribution is 0.0695. The summed E-state index contributed by atoms with van der Waals surface area (Å²) in [5.41, 5.74) is -1.55. The minimum absolute atomic E-state index is 0.129. The topological polar surface area (TPSA) is 74.6 Å². The summed E-state index contributed by atoms with van der Waals surface area (Å²) in [5.74, 6) is -3.86. The summed E-state index contributed by atoms with van der Waals surface area (Å²) in [7, 11) is 0. The first kappa shape index (κ1) is 20.0. The first-order valence-electron chi connectivity index (χ1n) is 9.32. The van der Waals surface area contributed by atoms with Crippen LogP contribution < -0.4 is 15.6 Å². The lowest BCUT2D eigenvalue weighted by Crippen LogP contribution is -2.43. The lowest BCUT2D eigenvalue weighted by Gasteiger charge is -2.30. The van der Waals surface area contributed by atoms with Crippen LogP contribution in [0.1, 0.15) is 15.9 Å². The van der Waals surface area contributed by atoms with Gasteiger partial charge in [-0.1, -0.05) is 0 Å². The Labute approximate surface area is 169 Å². The van der Waals surface area contributed by atoms with E-state index in [2.05, 4.69) is 5.32 Å². The molecule has 1 aliphatic heterocycles. The Morgan fingerprint density at radius 3 is 2.43 bits per heavy atom. The maximum atomic E-state index is 14.9. The SMILES string of the molecule is Cc1c(F)ccc(-n2cc(C(=O)O)c(=O)c3cc(F)c(N4CCNCC4)cc32)c1F. The van der Waals surface area contributed by atoms with Crippen molar-refractivity contribution in [1.29, 1.82) is 0 Å². The highest BCUT2D eigenvalue weighted by Gasteiger charge is 2.22. The molecule has 0 spiro atoms. The molecular formula is C21H18F3N3O3. The van der Waals surface area contributed by atoms with Crippen LogP contribution in [0.4, 0.5) is 18.9 Å². The second-order valence-electron chi connectivity index (χ2n) is 7.11. The van der Waals surface area contributed by atoms with Crippen molar-refractivity contribution >= 4 is 22.6 Å². The van der Waals surface area contributed by atoms with Gasteiger partial charge in [-0.25, -0.2) is 18.0 Å². The molecule has 4 rings (SSSR count).